The fourth-order valence-corrected chi connectivity index (χ4v) is 3.66. The smallest absolute Gasteiger partial charge is 0.231 e. The fourth-order valence-electron chi connectivity index (χ4n) is 1.99. The molecule has 0 atom stereocenters. The number of ether oxygens (including phenoxy) is 2. The van der Waals surface area contributed by atoms with Crippen LogP contribution in [-0.2, 0) is 0 Å². The van der Waals surface area contributed by atoms with E-state index in [2.05, 4.69) is 22.4 Å². The summed E-state index contributed by atoms with van der Waals surface area (Å²) in [6, 6.07) is 5.25. The zero-order valence-corrected chi connectivity index (χ0v) is 14.3. The summed E-state index contributed by atoms with van der Waals surface area (Å²) in [5, 5.41) is 12.2. The molecule has 0 unspecified atom stereocenters. The zero-order valence-electron chi connectivity index (χ0n) is 12.7. The minimum atomic E-state index is 0.0315. The largest absolute Gasteiger partial charge is 0.454 e. The summed E-state index contributed by atoms with van der Waals surface area (Å²) in [6.45, 7) is 3.25. The Morgan fingerprint density at radius 1 is 1.35 bits per heavy atom. The molecule has 0 amide bonds. The second-order valence-electron chi connectivity index (χ2n) is 4.93. The van der Waals surface area contributed by atoms with Gasteiger partial charge in [-0.05, 0) is 24.6 Å². The van der Waals surface area contributed by atoms with E-state index in [-0.39, 0.29) is 12.6 Å². The molecule has 23 heavy (non-hydrogen) atoms. The summed E-state index contributed by atoms with van der Waals surface area (Å²) in [5.41, 5.74) is 0.618. The van der Waals surface area contributed by atoms with Gasteiger partial charge in [0.15, 0.2) is 21.6 Å². The summed E-state index contributed by atoms with van der Waals surface area (Å²) in [7, 11) is 0. The maximum atomic E-state index is 12.3. The Kier molecular flexibility index (Phi) is 5.35. The van der Waals surface area contributed by atoms with Crippen molar-refractivity contribution in [1.82, 2.24) is 10.2 Å². The lowest BCUT2D eigenvalue weighted by molar-refractivity contribution is 0.102. The number of hydrogen-bond donors (Lipinski definition) is 1. The number of carbonyl (C=O) groups excluding carboxylic acids is 1. The number of nitrogens with zero attached hydrogens (tertiary/aromatic N) is 2. The van der Waals surface area contributed by atoms with Crippen LogP contribution >= 0.6 is 23.1 Å². The molecule has 0 aliphatic carbocycles. The Labute approximate surface area is 142 Å². The van der Waals surface area contributed by atoms with Crippen molar-refractivity contribution >= 4 is 34.0 Å². The van der Waals surface area contributed by atoms with Gasteiger partial charge >= 0.3 is 0 Å². The van der Waals surface area contributed by atoms with Crippen molar-refractivity contribution in [3.8, 4) is 11.5 Å². The van der Waals surface area contributed by atoms with Crippen molar-refractivity contribution in [2.45, 2.75) is 24.1 Å². The van der Waals surface area contributed by atoms with E-state index in [1.54, 1.807) is 18.2 Å². The highest BCUT2D eigenvalue weighted by Crippen LogP contribution is 2.33. The Balaban J connectivity index is 1.53. The molecule has 3 rings (SSSR count). The van der Waals surface area contributed by atoms with Crippen molar-refractivity contribution in [3.05, 3.63) is 23.8 Å². The van der Waals surface area contributed by atoms with Crippen LogP contribution in [-0.4, -0.2) is 35.1 Å². The highest BCUT2D eigenvalue weighted by atomic mass is 32.2. The minimum Gasteiger partial charge on any atom is -0.454 e. The number of ketones is 1. The molecule has 2 aromatic rings. The molecule has 1 N–H and O–H groups in total. The Morgan fingerprint density at radius 2 is 2.22 bits per heavy atom. The number of nitrogens with one attached hydrogen (secondary N) is 1. The van der Waals surface area contributed by atoms with Crippen LogP contribution in [0.3, 0.4) is 0 Å². The topological polar surface area (TPSA) is 73.3 Å². The molecule has 8 heteroatoms. The summed E-state index contributed by atoms with van der Waals surface area (Å²) < 4.78 is 11.3. The zero-order chi connectivity index (χ0) is 16.1. The highest BCUT2D eigenvalue weighted by molar-refractivity contribution is 8.01. The maximum Gasteiger partial charge on any atom is 0.231 e. The summed E-state index contributed by atoms with van der Waals surface area (Å²) >= 11 is 2.87. The van der Waals surface area contributed by atoms with Gasteiger partial charge in [0.1, 0.15) is 0 Å². The Morgan fingerprint density at radius 3 is 3.09 bits per heavy atom. The van der Waals surface area contributed by atoms with E-state index >= 15 is 0 Å². The number of fused-ring (bicyclic) bond motifs is 1. The number of anilines is 1. The number of unbranched alkanes of at least 4 members (excludes halogenated alkanes) is 1. The number of Topliss-reactive ketones (excluding diaryl/α,β-unsaturated/α-hetero) is 1. The fraction of sp³-hybridized carbons (Fsp3) is 0.400. The van der Waals surface area contributed by atoms with E-state index in [9.17, 15) is 4.79 Å². The lowest BCUT2D eigenvalue weighted by Crippen LogP contribution is -2.02. The Hall–Kier alpha value is -1.80. The van der Waals surface area contributed by atoms with Crippen LogP contribution in [0.25, 0.3) is 0 Å². The average molecular weight is 351 g/mol. The van der Waals surface area contributed by atoms with Gasteiger partial charge in [-0.15, -0.1) is 10.2 Å². The molecule has 0 fully saturated rings. The number of rotatable bonds is 8. The Bertz CT molecular complexity index is 690. The van der Waals surface area contributed by atoms with Gasteiger partial charge in [-0.25, -0.2) is 0 Å². The van der Waals surface area contributed by atoms with Crippen LogP contribution in [0.15, 0.2) is 22.5 Å². The predicted molar refractivity (Wildman–Crippen MR) is 90.9 cm³/mol. The summed E-state index contributed by atoms with van der Waals surface area (Å²) in [5.74, 6) is 1.66. The molecule has 0 bridgehead atoms. The van der Waals surface area contributed by atoms with Crippen LogP contribution < -0.4 is 14.8 Å². The third-order valence-corrected chi connectivity index (χ3v) is 5.25. The van der Waals surface area contributed by atoms with Gasteiger partial charge in [-0.2, -0.15) is 0 Å². The van der Waals surface area contributed by atoms with E-state index in [0.717, 1.165) is 28.9 Å². The third-order valence-electron chi connectivity index (χ3n) is 3.23. The van der Waals surface area contributed by atoms with E-state index in [1.807, 2.05) is 0 Å². The number of hydrogen-bond acceptors (Lipinski definition) is 8. The lowest BCUT2D eigenvalue weighted by atomic mass is 10.1. The van der Waals surface area contributed by atoms with Crippen molar-refractivity contribution in [2.24, 2.45) is 0 Å². The van der Waals surface area contributed by atoms with Gasteiger partial charge in [0.2, 0.25) is 11.9 Å². The van der Waals surface area contributed by atoms with Crippen LogP contribution in [0.1, 0.15) is 30.1 Å². The van der Waals surface area contributed by atoms with E-state index < -0.39 is 0 Å². The molecule has 2 heterocycles. The van der Waals surface area contributed by atoms with Gasteiger partial charge in [0, 0.05) is 12.1 Å². The maximum absolute atomic E-state index is 12.3. The number of aromatic nitrogens is 2. The summed E-state index contributed by atoms with van der Waals surface area (Å²) in [4.78, 5) is 12.3. The van der Waals surface area contributed by atoms with Crippen molar-refractivity contribution < 1.29 is 14.3 Å². The van der Waals surface area contributed by atoms with Gasteiger partial charge in [-0.3, -0.25) is 4.79 Å². The lowest BCUT2D eigenvalue weighted by Gasteiger charge is -2.01. The molecular weight excluding hydrogens is 334 g/mol. The second-order valence-corrected chi connectivity index (χ2v) is 7.13. The molecule has 1 aromatic heterocycles. The monoisotopic (exact) mass is 351 g/mol. The van der Waals surface area contributed by atoms with Gasteiger partial charge < -0.3 is 14.8 Å². The molecule has 0 radical (unpaired) electrons. The number of benzene rings is 1. The van der Waals surface area contributed by atoms with Crippen LogP contribution in [0.4, 0.5) is 5.13 Å². The van der Waals surface area contributed by atoms with Gasteiger partial charge in [0.05, 0.1) is 5.75 Å². The quantitative estimate of drug-likeness (QED) is 0.443. The van der Waals surface area contributed by atoms with Gasteiger partial charge in [-0.1, -0.05) is 36.4 Å². The average Bonchev–Trinajstić information content (AvgIpc) is 3.21. The SMILES string of the molecule is CCCCNc1nnc(SCC(=O)c2ccc3c(c2)OCO3)s1. The van der Waals surface area contributed by atoms with Crippen molar-refractivity contribution in [2.75, 3.05) is 24.4 Å². The molecule has 0 spiro atoms. The van der Waals surface area contributed by atoms with E-state index in [0.29, 0.717) is 22.8 Å². The molecule has 122 valence electrons. The highest BCUT2D eigenvalue weighted by Gasteiger charge is 2.17. The molecule has 1 aliphatic rings. The number of carbonyl (C=O) groups is 1. The van der Waals surface area contributed by atoms with E-state index in [1.165, 1.54) is 23.1 Å². The third kappa shape index (κ3) is 4.14. The molecule has 0 saturated heterocycles. The first-order valence-corrected chi connectivity index (χ1v) is 9.19. The first-order chi connectivity index (χ1) is 11.3. The first-order valence-electron chi connectivity index (χ1n) is 7.39. The summed E-state index contributed by atoms with van der Waals surface area (Å²) in [6.07, 6.45) is 2.24. The van der Waals surface area contributed by atoms with Crippen molar-refractivity contribution in [3.63, 3.8) is 0 Å². The van der Waals surface area contributed by atoms with Crippen molar-refractivity contribution in [1.29, 1.82) is 0 Å². The molecule has 1 aromatic carbocycles. The van der Waals surface area contributed by atoms with Crippen LogP contribution in [0, 0.1) is 0 Å². The van der Waals surface area contributed by atoms with Crippen LogP contribution in [0.2, 0.25) is 0 Å². The number of thioether (sulfide) groups is 1. The van der Waals surface area contributed by atoms with Crippen LogP contribution in [0.5, 0.6) is 11.5 Å². The molecule has 1 aliphatic heterocycles. The first kappa shape index (κ1) is 16.1. The van der Waals surface area contributed by atoms with E-state index in [4.69, 9.17) is 9.47 Å². The standard InChI is InChI=1S/C15H17N3O3S2/c1-2-3-6-16-14-17-18-15(23-14)22-8-11(19)10-4-5-12-13(7-10)21-9-20-12/h4-5,7H,2-3,6,8-9H2,1H3,(H,16,17). The second kappa shape index (κ2) is 7.65. The normalized spacial score (nSPS) is 12.4. The molecular formula is C15H17N3O3S2. The minimum absolute atomic E-state index is 0.0315. The van der Waals surface area contributed by atoms with Gasteiger partial charge in [0.25, 0.3) is 0 Å². The molecule has 6 nitrogen and oxygen atoms in total. The predicted octanol–water partition coefficient (Wildman–Crippen LogP) is 3.45. The molecule has 0 saturated carbocycles.